The quantitative estimate of drug-likeness (QED) is 0.0820. The lowest BCUT2D eigenvalue weighted by Crippen LogP contribution is -2.30. The van der Waals surface area contributed by atoms with Crippen molar-refractivity contribution in [3.63, 3.8) is 0 Å². The minimum atomic E-state index is -1.20. The zero-order valence-electron chi connectivity index (χ0n) is 23.8. The summed E-state index contributed by atoms with van der Waals surface area (Å²) >= 11 is 7.18. The summed E-state index contributed by atoms with van der Waals surface area (Å²) in [6, 6.07) is 27.4. The van der Waals surface area contributed by atoms with E-state index in [-0.39, 0.29) is 22.2 Å². The van der Waals surface area contributed by atoms with E-state index in [1.165, 1.54) is 30.0 Å². The van der Waals surface area contributed by atoms with Crippen molar-refractivity contribution in [2.24, 2.45) is 0 Å². The number of carboxylic acids is 1. The Morgan fingerprint density at radius 3 is 2.38 bits per heavy atom. The molecule has 3 amide bonds. The molecule has 0 radical (unpaired) electrons. The summed E-state index contributed by atoms with van der Waals surface area (Å²) in [5.74, 6) is -2.51. The van der Waals surface area contributed by atoms with Crippen LogP contribution in [0.2, 0.25) is 5.02 Å². The lowest BCUT2D eigenvalue weighted by molar-refractivity contribution is -0.115. The topological polar surface area (TPSA) is 140 Å². The SMILES string of the molecule is CC(Sc1cccc(NC(=O)/C(=C/c2c[nH]c3ccccc23)NC(=O)c2ccccc2)c1)C(=O)Nc1ccc(Cl)c(C(=O)O)c1. The number of hydrogen-bond acceptors (Lipinski definition) is 5. The van der Waals surface area contributed by atoms with E-state index in [0.29, 0.717) is 21.8 Å². The van der Waals surface area contributed by atoms with Crippen molar-refractivity contribution < 1.29 is 24.3 Å². The number of aromatic carboxylic acids is 1. The standard InChI is InChI=1S/C34H27ClN4O5S/c1-20(31(40)37-24-14-15-28(35)27(18-24)34(43)44)45-25-11-7-10-23(17-25)38-33(42)30(39-32(41)21-8-3-2-4-9-21)16-22-19-36-29-13-6-5-12-26(22)29/h2-20,36H,1H3,(H,37,40)(H,38,42)(H,39,41)(H,43,44)/b30-16-. The highest BCUT2D eigenvalue weighted by atomic mass is 35.5. The van der Waals surface area contributed by atoms with Crippen LogP contribution < -0.4 is 16.0 Å². The number of rotatable bonds is 10. The first-order valence-corrected chi connectivity index (χ1v) is 15.0. The number of nitrogens with one attached hydrogen (secondary N) is 4. The molecule has 0 aliphatic carbocycles. The first kappa shape index (κ1) is 31.1. The van der Waals surface area contributed by atoms with Gasteiger partial charge in [-0.1, -0.05) is 54.1 Å². The third-order valence-corrected chi connectivity index (χ3v) is 8.11. The minimum Gasteiger partial charge on any atom is -0.478 e. The van der Waals surface area contributed by atoms with Crippen LogP contribution in [0.1, 0.15) is 33.2 Å². The van der Waals surface area contributed by atoms with Crippen molar-refractivity contribution in [3.05, 3.63) is 131 Å². The third-order valence-electron chi connectivity index (χ3n) is 6.69. The lowest BCUT2D eigenvalue weighted by Gasteiger charge is -2.14. The summed E-state index contributed by atoms with van der Waals surface area (Å²) in [6.07, 6.45) is 3.38. The minimum absolute atomic E-state index is 0.0445. The number of halogens is 1. The molecule has 0 fully saturated rings. The highest BCUT2D eigenvalue weighted by molar-refractivity contribution is 8.00. The van der Waals surface area contributed by atoms with Crippen LogP contribution >= 0.6 is 23.4 Å². The molecule has 0 bridgehead atoms. The van der Waals surface area contributed by atoms with Gasteiger partial charge in [-0.05, 0) is 67.6 Å². The number of carbonyl (C=O) groups is 4. The molecule has 1 unspecified atom stereocenters. The molecule has 1 aromatic heterocycles. The number of para-hydroxylation sites is 1. The number of aromatic amines is 1. The fourth-order valence-corrected chi connectivity index (χ4v) is 5.55. The maximum Gasteiger partial charge on any atom is 0.337 e. The van der Waals surface area contributed by atoms with Crippen LogP contribution in [0, 0.1) is 0 Å². The molecule has 5 N–H and O–H groups in total. The molecular weight excluding hydrogens is 612 g/mol. The van der Waals surface area contributed by atoms with Crippen molar-refractivity contribution in [2.75, 3.05) is 10.6 Å². The predicted molar refractivity (Wildman–Crippen MR) is 178 cm³/mol. The van der Waals surface area contributed by atoms with Gasteiger partial charge >= 0.3 is 5.97 Å². The number of carbonyl (C=O) groups excluding carboxylic acids is 3. The van der Waals surface area contributed by atoms with Crippen LogP contribution in [0.4, 0.5) is 11.4 Å². The van der Waals surface area contributed by atoms with Crippen LogP contribution in [-0.4, -0.2) is 39.0 Å². The fraction of sp³-hybridized carbons (Fsp3) is 0.0588. The maximum atomic E-state index is 13.6. The smallest absolute Gasteiger partial charge is 0.337 e. The van der Waals surface area contributed by atoms with Crippen molar-refractivity contribution in [3.8, 4) is 0 Å². The second-order valence-electron chi connectivity index (χ2n) is 9.90. The van der Waals surface area contributed by atoms with Gasteiger partial charge in [-0.2, -0.15) is 0 Å². The van der Waals surface area contributed by atoms with Crippen LogP contribution in [0.15, 0.2) is 114 Å². The number of benzene rings is 4. The number of anilines is 2. The summed E-state index contributed by atoms with van der Waals surface area (Å²) < 4.78 is 0. The normalized spacial score (nSPS) is 11.9. The second kappa shape index (κ2) is 14.0. The highest BCUT2D eigenvalue weighted by Gasteiger charge is 2.19. The van der Waals surface area contributed by atoms with E-state index in [9.17, 15) is 24.3 Å². The molecular formula is C34H27ClN4O5S. The predicted octanol–water partition coefficient (Wildman–Crippen LogP) is 7.05. The van der Waals surface area contributed by atoms with E-state index in [4.69, 9.17) is 11.6 Å². The highest BCUT2D eigenvalue weighted by Crippen LogP contribution is 2.28. The number of hydrogen-bond donors (Lipinski definition) is 5. The molecule has 0 aliphatic heterocycles. The van der Waals surface area contributed by atoms with Crippen LogP contribution in [0.5, 0.6) is 0 Å². The molecule has 226 valence electrons. The van der Waals surface area contributed by atoms with E-state index in [1.807, 2.05) is 24.3 Å². The Morgan fingerprint density at radius 2 is 1.60 bits per heavy atom. The van der Waals surface area contributed by atoms with Crippen molar-refractivity contribution in [1.82, 2.24) is 10.3 Å². The molecule has 5 aromatic rings. The molecule has 0 aliphatic rings. The zero-order valence-corrected chi connectivity index (χ0v) is 25.4. The van der Waals surface area contributed by atoms with Gasteiger partial charge in [0.1, 0.15) is 5.70 Å². The average molecular weight is 639 g/mol. The van der Waals surface area contributed by atoms with Gasteiger partial charge in [0, 0.05) is 44.5 Å². The molecule has 1 atom stereocenters. The Bertz CT molecular complexity index is 1940. The Morgan fingerprint density at radius 1 is 0.867 bits per heavy atom. The zero-order chi connectivity index (χ0) is 31.9. The van der Waals surface area contributed by atoms with E-state index < -0.39 is 23.0 Å². The summed E-state index contributed by atoms with van der Waals surface area (Å²) in [5, 5.41) is 18.0. The second-order valence-corrected chi connectivity index (χ2v) is 11.7. The van der Waals surface area contributed by atoms with Crippen molar-refractivity contribution in [1.29, 1.82) is 0 Å². The lowest BCUT2D eigenvalue weighted by atomic mass is 10.1. The van der Waals surface area contributed by atoms with E-state index >= 15 is 0 Å². The first-order valence-electron chi connectivity index (χ1n) is 13.7. The maximum absolute atomic E-state index is 13.6. The average Bonchev–Trinajstić information content (AvgIpc) is 3.44. The molecule has 45 heavy (non-hydrogen) atoms. The van der Waals surface area contributed by atoms with Gasteiger partial charge in [-0.3, -0.25) is 14.4 Å². The van der Waals surface area contributed by atoms with Crippen LogP contribution in [0.3, 0.4) is 0 Å². The molecule has 0 saturated heterocycles. The number of fused-ring (bicyclic) bond motifs is 1. The van der Waals surface area contributed by atoms with Gasteiger partial charge < -0.3 is 26.0 Å². The first-order chi connectivity index (χ1) is 21.7. The number of carboxylic acid groups (broad SMARTS) is 1. The molecule has 11 heteroatoms. The third kappa shape index (κ3) is 7.80. The van der Waals surface area contributed by atoms with Crippen molar-refractivity contribution >= 4 is 75.4 Å². The van der Waals surface area contributed by atoms with E-state index in [1.54, 1.807) is 73.8 Å². The monoisotopic (exact) mass is 638 g/mol. The summed E-state index contributed by atoms with van der Waals surface area (Å²) in [7, 11) is 0. The Hall–Kier alpha value is -5.32. The molecule has 0 saturated carbocycles. The summed E-state index contributed by atoms with van der Waals surface area (Å²) in [5.41, 5.74) is 2.71. The number of H-pyrrole nitrogens is 1. The summed E-state index contributed by atoms with van der Waals surface area (Å²) in [6.45, 7) is 1.71. The van der Waals surface area contributed by atoms with Crippen LogP contribution in [0.25, 0.3) is 17.0 Å². The number of amides is 3. The van der Waals surface area contributed by atoms with Crippen molar-refractivity contribution in [2.45, 2.75) is 17.1 Å². The van der Waals surface area contributed by atoms with Gasteiger partial charge in [-0.25, -0.2) is 4.79 Å². The Kier molecular flexibility index (Phi) is 9.67. The largest absolute Gasteiger partial charge is 0.478 e. The van der Waals surface area contributed by atoms with E-state index in [2.05, 4.69) is 20.9 Å². The van der Waals surface area contributed by atoms with Gasteiger partial charge in [0.25, 0.3) is 11.8 Å². The number of thioether (sulfide) groups is 1. The number of aromatic nitrogens is 1. The Balaban J connectivity index is 1.32. The Labute approximate surface area is 267 Å². The molecule has 0 spiro atoms. The molecule has 9 nitrogen and oxygen atoms in total. The summed E-state index contributed by atoms with van der Waals surface area (Å²) in [4.78, 5) is 54.7. The fourth-order valence-electron chi connectivity index (χ4n) is 4.43. The van der Waals surface area contributed by atoms with Crippen LogP contribution in [-0.2, 0) is 9.59 Å². The van der Waals surface area contributed by atoms with Gasteiger partial charge in [0.05, 0.1) is 15.8 Å². The molecule has 1 heterocycles. The van der Waals surface area contributed by atoms with Gasteiger partial charge in [0.15, 0.2) is 0 Å². The van der Waals surface area contributed by atoms with E-state index in [0.717, 1.165) is 16.5 Å². The molecule has 4 aromatic carbocycles. The molecule has 5 rings (SSSR count). The van der Waals surface area contributed by atoms with Gasteiger partial charge in [0.2, 0.25) is 5.91 Å². The van der Waals surface area contributed by atoms with Gasteiger partial charge in [-0.15, -0.1) is 11.8 Å².